The Hall–Kier alpha value is -1.04. The number of nitrogens with two attached hydrogens (primary N) is 1. The highest BCUT2D eigenvalue weighted by Gasteiger charge is 2.41. The van der Waals surface area contributed by atoms with E-state index in [1.54, 1.807) is 6.08 Å². The van der Waals surface area contributed by atoms with Gasteiger partial charge in [-0.1, -0.05) is 6.08 Å². The van der Waals surface area contributed by atoms with Crippen LogP contribution in [0.15, 0.2) is 12.7 Å². The van der Waals surface area contributed by atoms with E-state index in [1.807, 2.05) is 0 Å². The molecule has 1 amide bonds. The van der Waals surface area contributed by atoms with Crippen molar-refractivity contribution in [3.63, 3.8) is 0 Å². The summed E-state index contributed by atoms with van der Waals surface area (Å²) in [5.74, 6) is -1.54. The van der Waals surface area contributed by atoms with Crippen molar-refractivity contribution >= 4 is 5.91 Å². The minimum atomic E-state index is -4.12. The van der Waals surface area contributed by atoms with Crippen LogP contribution in [-0.4, -0.2) is 24.2 Å². The molecule has 3 N–H and O–H groups in total. The molecule has 1 rings (SSSR count). The topological polar surface area (TPSA) is 55.1 Å². The van der Waals surface area contributed by atoms with E-state index in [-0.39, 0.29) is 24.8 Å². The molecule has 0 bridgehead atoms. The van der Waals surface area contributed by atoms with Gasteiger partial charge in [0.25, 0.3) is 0 Å². The number of carbonyl (C=O) groups is 1. The quantitative estimate of drug-likeness (QED) is 0.764. The molecule has 6 heteroatoms. The molecular weight excluding hydrogens is 245 g/mol. The maximum atomic E-state index is 12.4. The average Bonchev–Trinajstić information content (AvgIpc) is 2.28. The summed E-state index contributed by atoms with van der Waals surface area (Å²) < 4.78 is 37.3. The van der Waals surface area contributed by atoms with Crippen LogP contribution in [0.2, 0.25) is 0 Å². The highest BCUT2D eigenvalue weighted by Crippen LogP contribution is 2.37. The van der Waals surface area contributed by atoms with E-state index >= 15 is 0 Å². The molecule has 1 aliphatic rings. The van der Waals surface area contributed by atoms with E-state index in [2.05, 4.69) is 11.9 Å². The van der Waals surface area contributed by atoms with Crippen LogP contribution in [0.3, 0.4) is 0 Å². The normalized spacial score (nSPS) is 26.4. The van der Waals surface area contributed by atoms with Crippen molar-refractivity contribution in [2.45, 2.75) is 50.4 Å². The molecule has 1 fully saturated rings. The largest absolute Gasteiger partial charge is 0.391 e. The Kier molecular flexibility index (Phi) is 5.19. The van der Waals surface area contributed by atoms with Crippen molar-refractivity contribution in [2.75, 3.05) is 0 Å². The third kappa shape index (κ3) is 4.33. The van der Waals surface area contributed by atoms with Crippen molar-refractivity contribution in [3.05, 3.63) is 12.7 Å². The molecule has 1 aliphatic carbocycles. The summed E-state index contributed by atoms with van der Waals surface area (Å²) in [7, 11) is 0. The minimum absolute atomic E-state index is 0.0745. The molecule has 0 aliphatic heterocycles. The van der Waals surface area contributed by atoms with Gasteiger partial charge in [-0.2, -0.15) is 13.2 Å². The zero-order chi connectivity index (χ0) is 13.8. The number of halogens is 3. The Labute approximate surface area is 105 Å². The van der Waals surface area contributed by atoms with Crippen molar-refractivity contribution < 1.29 is 18.0 Å². The second-order valence-electron chi connectivity index (χ2n) is 4.73. The molecule has 1 saturated carbocycles. The van der Waals surface area contributed by atoms with E-state index in [9.17, 15) is 18.0 Å². The number of alkyl halides is 3. The lowest BCUT2D eigenvalue weighted by Crippen LogP contribution is -2.47. The zero-order valence-corrected chi connectivity index (χ0v) is 10.2. The van der Waals surface area contributed by atoms with Gasteiger partial charge in [0.1, 0.15) is 0 Å². The van der Waals surface area contributed by atoms with Crippen LogP contribution in [0.5, 0.6) is 0 Å². The first-order chi connectivity index (χ1) is 8.34. The lowest BCUT2D eigenvalue weighted by Gasteiger charge is -2.30. The van der Waals surface area contributed by atoms with Crippen molar-refractivity contribution in [3.8, 4) is 0 Å². The summed E-state index contributed by atoms with van der Waals surface area (Å²) in [4.78, 5) is 11.6. The Bertz CT molecular complexity index is 296. The summed E-state index contributed by atoms with van der Waals surface area (Å²) in [5.41, 5.74) is 5.58. The van der Waals surface area contributed by atoms with Gasteiger partial charge in [-0.15, -0.1) is 6.58 Å². The van der Waals surface area contributed by atoms with Crippen LogP contribution >= 0.6 is 0 Å². The van der Waals surface area contributed by atoms with Gasteiger partial charge in [0.05, 0.1) is 12.0 Å². The van der Waals surface area contributed by atoms with Gasteiger partial charge in [0, 0.05) is 6.04 Å². The fourth-order valence-electron chi connectivity index (χ4n) is 2.16. The van der Waals surface area contributed by atoms with Crippen molar-refractivity contribution in [1.29, 1.82) is 0 Å². The van der Waals surface area contributed by atoms with E-state index in [0.29, 0.717) is 19.3 Å². The van der Waals surface area contributed by atoms with Gasteiger partial charge < -0.3 is 11.1 Å². The lowest BCUT2D eigenvalue weighted by molar-refractivity contribution is -0.182. The highest BCUT2D eigenvalue weighted by atomic mass is 19.4. The summed E-state index contributed by atoms with van der Waals surface area (Å²) in [5, 5.41) is 2.70. The van der Waals surface area contributed by atoms with Gasteiger partial charge in [-0.25, -0.2) is 0 Å². The molecule has 0 heterocycles. The molecule has 0 aromatic carbocycles. The Morgan fingerprint density at radius 1 is 1.39 bits per heavy atom. The number of carbonyl (C=O) groups excluding carboxylic acids is 1. The number of hydrogen-bond donors (Lipinski definition) is 2. The molecule has 0 aromatic heterocycles. The van der Waals surface area contributed by atoms with E-state index in [0.717, 1.165) is 0 Å². The SMILES string of the molecule is C=CCC(N)C(=O)NC1CCC(C(F)(F)F)CC1. The molecule has 104 valence electrons. The van der Waals surface area contributed by atoms with Crippen LogP contribution in [-0.2, 0) is 4.79 Å². The first-order valence-electron chi connectivity index (χ1n) is 6.08. The second-order valence-corrected chi connectivity index (χ2v) is 4.73. The third-order valence-electron chi connectivity index (χ3n) is 3.29. The number of hydrogen-bond acceptors (Lipinski definition) is 2. The van der Waals surface area contributed by atoms with Crippen molar-refractivity contribution in [1.82, 2.24) is 5.32 Å². The Morgan fingerprint density at radius 3 is 2.39 bits per heavy atom. The van der Waals surface area contributed by atoms with E-state index in [4.69, 9.17) is 5.73 Å². The third-order valence-corrected chi connectivity index (χ3v) is 3.29. The fraction of sp³-hybridized carbons (Fsp3) is 0.750. The molecule has 0 saturated heterocycles. The lowest BCUT2D eigenvalue weighted by atomic mass is 9.85. The van der Waals surface area contributed by atoms with Crippen LogP contribution in [0.1, 0.15) is 32.1 Å². The van der Waals surface area contributed by atoms with Crippen LogP contribution < -0.4 is 11.1 Å². The van der Waals surface area contributed by atoms with E-state index in [1.165, 1.54) is 0 Å². The summed E-state index contributed by atoms with van der Waals surface area (Å²) in [6.07, 6.45) is -1.34. The van der Waals surface area contributed by atoms with Gasteiger partial charge in [0.2, 0.25) is 5.91 Å². The summed E-state index contributed by atoms with van der Waals surface area (Å²) >= 11 is 0. The average molecular weight is 264 g/mol. The van der Waals surface area contributed by atoms with Crippen LogP contribution in [0.4, 0.5) is 13.2 Å². The molecular formula is C12H19F3N2O. The standard InChI is InChI=1S/C12H19F3N2O/c1-2-3-10(16)11(18)17-9-6-4-8(5-7-9)12(13,14)15/h2,8-10H,1,3-7,16H2,(H,17,18). The smallest absolute Gasteiger partial charge is 0.352 e. The first kappa shape index (κ1) is 15.0. The van der Waals surface area contributed by atoms with Gasteiger partial charge in [-0.05, 0) is 32.1 Å². The molecule has 1 unspecified atom stereocenters. The molecule has 0 spiro atoms. The highest BCUT2D eigenvalue weighted by molar-refractivity contribution is 5.81. The maximum absolute atomic E-state index is 12.4. The monoisotopic (exact) mass is 264 g/mol. The van der Waals surface area contributed by atoms with Crippen LogP contribution in [0, 0.1) is 5.92 Å². The molecule has 0 radical (unpaired) electrons. The summed E-state index contributed by atoms with van der Waals surface area (Å²) in [6, 6.07) is -0.852. The van der Waals surface area contributed by atoms with Gasteiger partial charge in [-0.3, -0.25) is 4.79 Å². The van der Waals surface area contributed by atoms with Gasteiger partial charge in [0.15, 0.2) is 0 Å². The molecule has 0 aromatic rings. The van der Waals surface area contributed by atoms with Crippen LogP contribution in [0.25, 0.3) is 0 Å². The summed E-state index contributed by atoms with van der Waals surface area (Å²) in [6.45, 7) is 3.48. The number of amides is 1. The van der Waals surface area contributed by atoms with E-state index < -0.39 is 18.1 Å². The zero-order valence-electron chi connectivity index (χ0n) is 10.2. The minimum Gasteiger partial charge on any atom is -0.352 e. The second kappa shape index (κ2) is 6.22. The maximum Gasteiger partial charge on any atom is 0.391 e. The first-order valence-corrected chi connectivity index (χ1v) is 6.08. The Balaban J connectivity index is 2.35. The molecule has 1 atom stereocenters. The van der Waals surface area contributed by atoms with Gasteiger partial charge >= 0.3 is 6.18 Å². The Morgan fingerprint density at radius 2 is 1.94 bits per heavy atom. The number of rotatable bonds is 4. The predicted octanol–water partition coefficient (Wildman–Crippen LogP) is 2.13. The molecule has 18 heavy (non-hydrogen) atoms. The molecule has 3 nitrogen and oxygen atoms in total. The predicted molar refractivity (Wildman–Crippen MR) is 62.7 cm³/mol. The van der Waals surface area contributed by atoms with Crippen molar-refractivity contribution in [2.24, 2.45) is 11.7 Å². The number of nitrogens with one attached hydrogen (secondary N) is 1. The fourth-order valence-corrected chi connectivity index (χ4v) is 2.16.